The van der Waals surface area contributed by atoms with Gasteiger partial charge in [-0.2, -0.15) is 5.10 Å². The molecular weight excluding hydrogens is 513 g/mol. The zero-order chi connectivity index (χ0) is 27.7. The molecule has 0 fully saturated rings. The number of hydrogen-bond acceptors (Lipinski definition) is 5. The first-order valence-corrected chi connectivity index (χ1v) is 13.7. The third kappa shape index (κ3) is 5.32. The number of benzene rings is 3. The summed E-state index contributed by atoms with van der Waals surface area (Å²) in [6.45, 7) is 3.88. The predicted molar refractivity (Wildman–Crippen MR) is 153 cm³/mol. The van der Waals surface area contributed by atoms with E-state index in [1.165, 1.54) is 28.8 Å². The van der Waals surface area contributed by atoms with Crippen LogP contribution in [0.4, 0.5) is 10.2 Å². The third-order valence-electron chi connectivity index (χ3n) is 6.76. The van der Waals surface area contributed by atoms with Crippen molar-refractivity contribution in [3.63, 3.8) is 0 Å². The van der Waals surface area contributed by atoms with E-state index in [0.717, 1.165) is 33.5 Å². The number of thioether (sulfide) groups is 1. The molecule has 200 valence electrons. The van der Waals surface area contributed by atoms with Crippen LogP contribution < -0.4 is 10.3 Å². The maximum absolute atomic E-state index is 13.9. The van der Waals surface area contributed by atoms with Gasteiger partial charge >= 0.3 is 0 Å². The molecule has 2 amide bonds. The smallest absolute Gasteiger partial charge is 0.254 e. The molecule has 9 heteroatoms. The van der Waals surface area contributed by atoms with Crippen molar-refractivity contribution in [2.45, 2.75) is 19.1 Å². The van der Waals surface area contributed by atoms with Gasteiger partial charge in [-0.25, -0.2) is 14.1 Å². The zero-order valence-electron chi connectivity index (χ0n) is 22.3. The normalized spacial score (nSPS) is 15.3. The van der Waals surface area contributed by atoms with E-state index >= 15 is 0 Å². The molecule has 0 spiro atoms. The van der Waals surface area contributed by atoms with Crippen LogP contribution in [0, 0.1) is 19.7 Å². The number of carbonyl (C=O) groups is 2. The lowest BCUT2D eigenvalue weighted by Crippen LogP contribution is -2.46. The summed E-state index contributed by atoms with van der Waals surface area (Å²) in [7, 11) is 3.45. The van der Waals surface area contributed by atoms with E-state index in [-0.39, 0.29) is 35.2 Å². The molecular formula is C30H30FN5O2S. The number of nitrogens with zero attached hydrogens (tertiary/aromatic N) is 4. The lowest BCUT2D eigenvalue weighted by molar-refractivity contribution is -0.125. The molecule has 1 aliphatic rings. The first kappa shape index (κ1) is 26.6. The van der Waals surface area contributed by atoms with Crippen LogP contribution in [0.1, 0.15) is 27.5 Å². The van der Waals surface area contributed by atoms with Crippen LogP contribution in [-0.2, 0) is 9.59 Å². The summed E-state index contributed by atoms with van der Waals surface area (Å²) in [5, 5.41) is 6.35. The van der Waals surface area contributed by atoms with Crippen molar-refractivity contribution in [3.05, 3.63) is 101 Å². The molecule has 0 bridgehead atoms. The Morgan fingerprint density at radius 3 is 2.46 bits per heavy atom. The van der Waals surface area contributed by atoms with E-state index in [2.05, 4.69) is 5.43 Å². The Bertz CT molecular complexity index is 1520. The fourth-order valence-corrected chi connectivity index (χ4v) is 5.99. The van der Waals surface area contributed by atoms with Gasteiger partial charge in [0.1, 0.15) is 18.2 Å². The first-order chi connectivity index (χ1) is 18.7. The molecule has 5 rings (SSSR count). The Hall–Kier alpha value is -3.95. The summed E-state index contributed by atoms with van der Waals surface area (Å²) < 4.78 is 15.7. The molecule has 3 aromatic carbocycles. The molecule has 0 saturated heterocycles. The Balaban J connectivity index is 1.83. The van der Waals surface area contributed by atoms with Gasteiger partial charge in [0.15, 0.2) is 0 Å². The highest BCUT2D eigenvalue weighted by atomic mass is 32.2. The molecule has 1 N–H and O–H groups in total. The van der Waals surface area contributed by atoms with Gasteiger partial charge in [-0.05, 0) is 48.7 Å². The first-order valence-electron chi connectivity index (χ1n) is 12.6. The van der Waals surface area contributed by atoms with Gasteiger partial charge in [-0.15, -0.1) is 11.8 Å². The van der Waals surface area contributed by atoms with Crippen molar-refractivity contribution in [1.29, 1.82) is 0 Å². The minimum atomic E-state index is -0.329. The Morgan fingerprint density at radius 1 is 1.05 bits per heavy atom. The van der Waals surface area contributed by atoms with Crippen molar-refractivity contribution in [1.82, 2.24) is 20.2 Å². The van der Waals surface area contributed by atoms with E-state index in [4.69, 9.17) is 5.10 Å². The largest absolute Gasteiger partial charge is 0.288 e. The quantitative estimate of drug-likeness (QED) is 0.345. The fourth-order valence-electron chi connectivity index (χ4n) is 4.79. The number of amides is 2. The zero-order valence-corrected chi connectivity index (χ0v) is 23.1. The Labute approximate surface area is 231 Å². The van der Waals surface area contributed by atoms with Crippen LogP contribution in [0.5, 0.6) is 0 Å². The number of aromatic nitrogens is 2. The van der Waals surface area contributed by atoms with Crippen molar-refractivity contribution in [2.75, 3.05) is 31.3 Å². The number of aryl methyl sites for hydroxylation is 1. The van der Waals surface area contributed by atoms with Gasteiger partial charge in [0.25, 0.3) is 5.91 Å². The second-order valence-electron chi connectivity index (χ2n) is 9.73. The van der Waals surface area contributed by atoms with E-state index in [0.29, 0.717) is 11.5 Å². The minimum Gasteiger partial charge on any atom is -0.288 e. The van der Waals surface area contributed by atoms with E-state index in [9.17, 15) is 14.0 Å². The topological polar surface area (TPSA) is 70.5 Å². The van der Waals surface area contributed by atoms with Gasteiger partial charge in [-0.3, -0.25) is 19.9 Å². The highest BCUT2D eigenvalue weighted by Gasteiger charge is 2.38. The number of anilines is 1. The van der Waals surface area contributed by atoms with Crippen molar-refractivity contribution >= 4 is 29.4 Å². The molecule has 0 aliphatic carbocycles. The molecule has 39 heavy (non-hydrogen) atoms. The summed E-state index contributed by atoms with van der Waals surface area (Å²) in [6.07, 6.45) is 0. The number of nitrogens with one attached hydrogen (secondary N) is 1. The fraction of sp³-hybridized carbons (Fsp3) is 0.233. The lowest BCUT2D eigenvalue weighted by atomic mass is 9.99. The summed E-state index contributed by atoms with van der Waals surface area (Å²) in [4.78, 5) is 28.3. The van der Waals surface area contributed by atoms with Crippen molar-refractivity contribution in [3.8, 4) is 16.9 Å². The third-order valence-corrected chi connectivity index (χ3v) is 8.02. The van der Waals surface area contributed by atoms with Gasteiger partial charge in [0.05, 0.1) is 22.4 Å². The van der Waals surface area contributed by atoms with Crippen LogP contribution in [0.25, 0.3) is 16.9 Å². The molecule has 1 atom stereocenters. The average Bonchev–Trinajstić information content (AvgIpc) is 3.23. The molecule has 4 aromatic rings. The average molecular weight is 544 g/mol. The number of hydrazine groups is 1. The molecule has 1 aromatic heterocycles. The molecule has 1 unspecified atom stereocenters. The number of hydrogen-bond donors (Lipinski definition) is 1. The molecule has 2 heterocycles. The number of fused-ring (bicyclic) bond motifs is 1. The monoisotopic (exact) mass is 543 g/mol. The predicted octanol–water partition coefficient (Wildman–Crippen LogP) is 5.06. The van der Waals surface area contributed by atoms with Gasteiger partial charge < -0.3 is 0 Å². The second-order valence-corrected chi connectivity index (χ2v) is 10.8. The standard InChI is InChI=1S/C30H30FN5O2S/c1-19-9-8-12-24(20(19)2)36-30-27(28(33-36)21-10-6-5-7-11-21)29(22-13-15-23(31)16-14-22)39-18-26(38)35(30)17-25(37)32-34(3)4/h5-16,29H,17-18H2,1-4H3,(H,32,37). The van der Waals surface area contributed by atoms with Gasteiger partial charge in [-0.1, -0.05) is 54.6 Å². The van der Waals surface area contributed by atoms with Crippen LogP contribution in [0.2, 0.25) is 0 Å². The number of rotatable bonds is 6. The van der Waals surface area contributed by atoms with Crippen LogP contribution >= 0.6 is 11.8 Å². The Morgan fingerprint density at radius 2 is 1.77 bits per heavy atom. The van der Waals surface area contributed by atoms with E-state index < -0.39 is 0 Å². The summed E-state index contributed by atoms with van der Waals surface area (Å²) >= 11 is 1.45. The maximum atomic E-state index is 13.9. The van der Waals surface area contributed by atoms with E-state index in [1.54, 1.807) is 35.9 Å². The van der Waals surface area contributed by atoms with Crippen molar-refractivity contribution < 1.29 is 14.0 Å². The Kier molecular flexibility index (Phi) is 7.54. The molecule has 0 saturated carbocycles. The van der Waals surface area contributed by atoms with Gasteiger partial charge in [0.2, 0.25) is 5.91 Å². The van der Waals surface area contributed by atoms with E-state index in [1.807, 2.05) is 62.4 Å². The van der Waals surface area contributed by atoms with Crippen LogP contribution in [0.3, 0.4) is 0 Å². The lowest BCUT2D eigenvalue weighted by Gasteiger charge is -2.24. The minimum absolute atomic E-state index is 0.146. The SMILES string of the molecule is Cc1cccc(-n2nc(-c3ccccc3)c3c2N(CC(=O)NN(C)C)C(=O)CSC3c2ccc(F)cc2)c1C. The van der Waals surface area contributed by atoms with Crippen LogP contribution in [-0.4, -0.2) is 53.0 Å². The van der Waals surface area contributed by atoms with Crippen LogP contribution in [0.15, 0.2) is 72.8 Å². The second kappa shape index (κ2) is 11.0. The number of carbonyl (C=O) groups excluding carboxylic acids is 2. The molecule has 7 nitrogen and oxygen atoms in total. The van der Waals surface area contributed by atoms with Gasteiger partial charge in [0, 0.05) is 25.2 Å². The maximum Gasteiger partial charge on any atom is 0.254 e. The number of halogens is 1. The molecule has 0 radical (unpaired) electrons. The highest BCUT2D eigenvalue weighted by Crippen LogP contribution is 2.48. The summed E-state index contributed by atoms with van der Waals surface area (Å²) in [5.74, 6) is -0.163. The molecule has 1 aliphatic heterocycles. The summed E-state index contributed by atoms with van der Waals surface area (Å²) in [5.41, 5.74) is 8.93. The highest BCUT2D eigenvalue weighted by molar-refractivity contribution is 8.00. The summed E-state index contributed by atoms with van der Waals surface area (Å²) in [6, 6.07) is 22.1. The van der Waals surface area contributed by atoms with Crippen molar-refractivity contribution in [2.24, 2.45) is 0 Å².